The van der Waals surface area contributed by atoms with Crippen LogP contribution in [0.1, 0.15) is 10.6 Å². The van der Waals surface area contributed by atoms with Gasteiger partial charge in [-0.3, -0.25) is 9.78 Å². The lowest BCUT2D eigenvalue weighted by atomic mass is 10.2. The van der Waals surface area contributed by atoms with Crippen LogP contribution in [-0.2, 0) is 0 Å². The van der Waals surface area contributed by atoms with E-state index < -0.39 is 0 Å². The molecule has 0 atom stereocenters. The molecule has 0 unspecified atom stereocenters. The van der Waals surface area contributed by atoms with Crippen molar-refractivity contribution in [2.24, 2.45) is 0 Å². The highest BCUT2D eigenvalue weighted by Crippen LogP contribution is 2.29. The van der Waals surface area contributed by atoms with Gasteiger partial charge in [0.1, 0.15) is 5.76 Å². The summed E-state index contributed by atoms with van der Waals surface area (Å²) in [6.45, 7) is 0. The molecule has 1 amide bonds. The second kappa shape index (κ2) is 6.09. The Kier molecular flexibility index (Phi) is 3.82. The third-order valence-corrected chi connectivity index (χ3v) is 2.98. The summed E-state index contributed by atoms with van der Waals surface area (Å²) in [5.41, 5.74) is 1.29. The van der Waals surface area contributed by atoms with E-state index >= 15 is 0 Å². The maximum absolute atomic E-state index is 12.1. The molecule has 0 saturated heterocycles. The average molecular weight is 295 g/mol. The van der Waals surface area contributed by atoms with Crippen molar-refractivity contribution < 1.29 is 13.9 Å². The lowest BCUT2D eigenvalue weighted by Crippen LogP contribution is -2.10. The predicted molar refractivity (Wildman–Crippen MR) is 80.7 cm³/mol. The Morgan fingerprint density at radius 1 is 1.18 bits per heavy atom. The van der Waals surface area contributed by atoms with E-state index in [0.29, 0.717) is 22.9 Å². The molecule has 110 valence electrons. The molecule has 0 bridgehead atoms. The zero-order valence-electron chi connectivity index (χ0n) is 11.8. The second-order valence-corrected chi connectivity index (χ2v) is 4.42. The van der Waals surface area contributed by atoms with Gasteiger partial charge in [-0.25, -0.2) is 4.98 Å². The zero-order valence-corrected chi connectivity index (χ0v) is 11.8. The van der Waals surface area contributed by atoms with Gasteiger partial charge in [0.15, 0.2) is 5.76 Å². The molecule has 0 spiro atoms. The number of anilines is 1. The van der Waals surface area contributed by atoms with E-state index in [0.717, 1.165) is 0 Å². The first-order valence-corrected chi connectivity index (χ1v) is 6.58. The van der Waals surface area contributed by atoms with Crippen LogP contribution in [0.5, 0.6) is 5.88 Å². The van der Waals surface area contributed by atoms with Crippen molar-refractivity contribution >= 4 is 11.6 Å². The fourth-order valence-corrected chi connectivity index (χ4v) is 1.98. The highest BCUT2D eigenvalue weighted by atomic mass is 16.5. The van der Waals surface area contributed by atoms with Gasteiger partial charge in [0.25, 0.3) is 5.91 Å². The van der Waals surface area contributed by atoms with Crippen LogP contribution in [0.25, 0.3) is 11.3 Å². The molecule has 3 rings (SSSR count). The number of rotatable bonds is 4. The number of carbonyl (C=O) groups excluding carboxylic acids is 1. The minimum absolute atomic E-state index is 0.199. The Labute approximate surface area is 126 Å². The highest BCUT2D eigenvalue weighted by Gasteiger charge is 2.15. The van der Waals surface area contributed by atoms with Crippen molar-refractivity contribution in [2.45, 2.75) is 0 Å². The monoisotopic (exact) mass is 295 g/mol. The van der Waals surface area contributed by atoms with Crippen LogP contribution in [0.2, 0.25) is 0 Å². The van der Waals surface area contributed by atoms with E-state index in [-0.39, 0.29) is 11.7 Å². The molecule has 1 N–H and O–H groups in total. The average Bonchev–Trinajstić information content (AvgIpc) is 3.05. The molecule has 0 aliphatic rings. The van der Waals surface area contributed by atoms with Gasteiger partial charge >= 0.3 is 0 Å². The molecule has 0 aliphatic carbocycles. The molecule has 22 heavy (non-hydrogen) atoms. The van der Waals surface area contributed by atoms with Crippen molar-refractivity contribution in [3.8, 4) is 17.2 Å². The van der Waals surface area contributed by atoms with E-state index in [1.807, 2.05) is 6.07 Å². The Morgan fingerprint density at radius 2 is 2.05 bits per heavy atom. The molecule has 3 aromatic rings. The number of nitrogens with one attached hydrogen (secondary N) is 1. The Balaban J connectivity index is 1.83. The number of furan rings is 1. The zero-order chi connectivity index (χ0) is 15.4. The highest BCUT2D eigenvalue weighted by molar-refractivity contribution is 6.02. The summed E-state index contributed by atoms with van der Waals surface area (Å²) in [4.78, 5) is 20.2. The van der Waals surface area contributed by atoms with Crippen LogP contribution in [0.3, 0.4) is 0 Å². The van der Waals surface area contributed by atoms with Crippen LogP contribution >= 0.6 is 0 Å². The predicted octanol–water partition coefficient (Wildman–Crippen LogP) is 3.00. The van der Waals surface area contributed by atoms with Crippen molar-refractivity contribution in [2.75, 3.05) is 12.4 Å². The van der Waals surface area contributed by atoms with Crippen LogP contribution < -0.4 is 10.1 Å². The third kappa shape index (κ3) is 2.80. The molecule has 0 aliphatic heterocycles. The van der Waals surface area contributed by atoms with Gasteiger partial charge in [0.2, 0.25) is 5.88 Å². The normalized spacial score (nSPS) is 10.2. The molecule has 0 saturated carbocycles. The summed E-state index contributed by atoms with van der Waals surface area (Å²) in [5.74, 6) is 0.809. The topological polar surface area (TPSA) is 77.2 Å². The number of hydrogen-bond donors (Lipinski definition) is 1. The fraction of sp³-hybridized carbons (Fsp3) is 0.0625. The Bertz CT molecular complexity index is 784. The van der Waals surface area contributed by atoms with Gasteiger partial charge in [-0.05, 0) is 36.4 Å². The molecule has 0 aromatic carbocycles. The first kappa shape index (κ1) is 13.8. The minimum Gasteiger partial charge on any atom is -0.480 e. The Morgan fingerprint density at radius 3 is 2.82 bits per heavy atom. The quantitative estimate of drug-likeness (QED) is 0.800. The first-order chi connectivity index (χ1) is 10.8. The number of amides is 1. The fourth-order valence-electron chi connectivity index (χ4n) is 1.98. The number of carbonyl (C=O) groups is 1. The third-order valence-electron chi connectivity index (χ3n) is 2.98. The van der Waals surface area contributed by atoms with Gasteiger partial charge < -0.3 is 14.5 Å². The maximum Gasteiger partial charge on any atom is 0.291 e. The molecule has 0 radical (unpaired) electrons. The summed E-state index contributed by atoms with van der Waals surface area (Å²) in [5, 5.41) is 2.71. The SMILES string of the molecule is COc1ncccc1-c1ccc(C(=O)Nc2cccnc2)o1. The first-order valence-electron chi connectivity index (χ1n) is 6.58. The van der Waals surface area contributed by atoms with Crippen molar-refractivity contribution in [3.05, 3.63) is 60.7 Å². The smallest absolute Gasteiger partial charge is 0.291 e. The van der Waals surface area contributed by atoms with Crippen LogP contribution in [0.15, 0.2) is 59.4 Å². The lowest BCUT2D eigenvalue weighted by molar-refractivity contribution is 0.0997. The maximum atomic E-state index is 12.1. The van der Waals surface area contributed by atoms with Gasteiger partial charge in [-0.1, -0.05) is 0 Å². The van der Waals surface area contributed by atoms with Gasteiger partial charge in [-0.15, -0.1) is 0 Å². The van der Waals surface area contributed by atoms with Crippen LogP contribution in [0, 0.1) is 0 Å². The number of hydrogen-bond acceptors (Lipinski definition) is 5. The van der Waals surface area contributed by atoms with Crippen molar-refractivity contribution in [1.29, 1.82) is 0 Å². The number of pyridine rings is 2. The summed E-state index contributed by atoms with van der Waals surface area (Å²) >= 11 is 0. The van der Waals surface area contributed by atoms with Crippen LogP contribution in [-0.4, -0.2) is 23.0 Å². The molecular weight excluding hydrogens is 282 g/mol. The minimum atomic E-state index is -0.345. The number of aromatic nitrogens is 2. The van der Waals surface area contributed by atoms with E-state index in [1.54, 1.807) is 48.9 Å². The number of methoxy groups -OCH3 is 1. The van der Waals surface area contributed by atoms with Gasteiger partial charge in [0, 0.05) is 12.4 Å². The molecule has 3 aromatic heterocycles. The summed E-state index contributed by atoms with van der Waals surface area (Å²) in [7, 11) is 1.53. The summed E-state index contributed by atoms with van der Waals surface area (Å²) in [6.07, 6.45) is 4.82. The van der Waals surface area contributed by atoms with Gasteiger partial charge in [0.05, 0.1) is 24.6 Å². The van der Waals surface area contributed by atoms with E-state index in [9.17, 15) is 4.79 Å². The van der Waals surface area contributed by atoms with Crippen LogP contribution in [0.4, 0.5) is 5.69 Å². The van der Waals surface area contributed by atoms with E-state index in [4.69, 9.17) is 9.15 Å². The number of ether oxygens (including phenoxy) is 1. The molecule has 6 nitrogen and oxygen atoms in total. The second-order valence-electron chi connectivity index (χ2n) is 4.42. The Hall–Kier alpha value is -3.15. The lowest BCUT2D eigenvalue weighted by Gasteiger charge is -2.04. The van der Waals surface area contributed by atoms with E-state index in [2.05, 4.69) is 15.3 Å². The van der Waals surface area contributed by atoms with Crippen molar-refractivity contribution in [1.82, 2.24) is 9.97 Å². The molecule has 6 heteroatoms. The molecular formula is C16H13N3O3. The largest absolute Gasteiger partial charge is 0.480 e. The summed E-state index contributed by atoms with van der Waals surface area (Å²) < 4.78 is 10.8. The number of nitrogens with zero attached hydrogens (tertiary/aromatic N) is 2. The molecule has 0 fully saturated rings. The van der Waals surface area contributed by atoms with Crippen molar-refractivity contribution in [3.63, 3.8) is 0 Å². The van der Waals surface area contributed by atoms with E-state index in [1.165, 1.54) is 7.11 Å². The standard InChI is InChI=1S/C16H13N3O3/c1-21-16-12(5-3-9-18-16)13-6-7-14(22-13)15(20)19-11-4-2-8-17-10-11/h2-10H,1H3,(H,19,20). The summed E-state index contributed by atoms with van der Waals surface area (Å²) in [6, 6.07) is 10.4. The van der Waals surface area contributed by atoms with Gasteiger partial charge in [-0.2, -0.15) is 0 Å². The molecule has 3 heterocycles.